The zero-order valence-corrected chi connectivity index (χ0v) is 11.0. The van der Waals surface area contributed by atoms with E-state index in [4.69, 9.17) is 0 Å². The fourth-order valence-electron chi connectivity index (χ4n) is 3.05. The van der Waals surface area contributed by atoms with Crippen LogP contribution < -0.4 is 5.32 Å². The molecular weight excluding hydrogens is 196 g/mol. The summed E-state index contributed by atoms with van der Waals surface area (Å²) in [6.45, 7) is 8.51. The Balaban J connectivity index is 1.85. The highest BCUT2D eigenvalue weighted by Crippen LogP contribution is 2.28. The summed E-state index contributed by atoms with van der Waals surface area (Å²) < 4.78 is 0. The smallest absolute Gasteiger partial charge is 0.0221 e. The third-order valence-electron chi connectivity index (χ3n) is 4.45. The maximum Gasteiger partial charge on any atom is 0.0221 e. The number of hydrogen-bond acceptors (Lipinski definition) is 2. The van der Waals surface area contributed by atoms with E-state index in [2.05, 4.69) is 24.1 Å². The number of rotatable bonds is 5. The maximum absolute atomic E-state index is 3.70. The van der Waals surface area contributed by atoms with Crippen molar-refractivity contribution in [3.05, 3.63) is 0 Å². The first kappa shape index (κ1) is 12.4. The largest absolute Gasteiger partial charge is 0.311 e. The van der Waals surface area contributed by atoms with Crippen LogP contribution in [0, 0.1) is 5.92 Å². The van der Waals surface area contributed by atoms with Crippen LogP contribution in [0.4, 0.5) is 0 Å². The van der Waals surface area contributed by atoms with Crippen LogP contribution in [0.1, 0.15) is 52.4 Å². The second-order valence-electron chi connectivity index (χ2n) is 5.71. The van der Waals surface area contributed by atoms with E-state index in [9.17, 15) is 0 Å². The Morgan fingerprint density at radius 3 is 2.62 bits per heavy atom. The average molecular weight is 224 g/mol. The summed E-state index contributed by atoms with van der Waals surface area (Å²) in [6.07, 6.45) is 8.42. The molecule has 0 amide bonds. The van der Waals surface area contributed by atoms with Gasteiger partial charge in [0, 0.05) is 31.7 Å². The maximum atomic E-state index is 3.70. The minimum Gasteiger partial charge on any atom is -0.311 e. The molecule has 1 saturated carbocycles. The Bertz CT molecular complexity index is 199. The summed E-state index contributed by atoms with van der Waals surface area (Å²) in [5, 5.41) is 3.70. The van der Waals surface area contributed by atoms with Crippen molar-refractivity contribution in [2.45, 2.75) is 64.5 Å². The number of nitrogens with zero attached hydrogens (tertiary/aromatic N) is 1. The molecule has 1 aliphatic heterocycles. The van der Waals surface area contributed by atoms with Crippen molar-refractivity contribution in [2.75, 3.05) is 19.6 Å². The zero-order valence-electron chi connectivity index (χ0n) is 11.0. The fourth-order valence-corrected chi connectivity index (χ4v) is 3.05. The van der Waals surface area contributed by atoms with E-state index in [1.807, 2.05) is 0 Å². The lowest BCUT2D eigenvalue weighted by atomic mass is 9.84. The molecular formula is C14H28N2. The second-order valence-corrected chi connectivity index (χ2v) is 5.71. The van der Waals surface area contributed by atoms with Crippen LogP contribution in [-0.4, -0.2) is 36.6 Å². The van der Waals surface area contributed by atoms with E-state index >= 15 is 0 Å². The lowest BCUT2D eigenvalue weighted by Gasteiger charge is -2.43. The first-order valence-corrected chi connectivity index (χ1v) is 7.30. The normalized spacial score (nSPS) is 32.6. The molecule has 2 fully saturated rings. The molecule has 1 N–H and O–H groups in total. The molecule has 2 atom stereocenters. The second kappa shape index (κ2) is 6.02. The van der Waals surface area contributed by atoms with Crippen molar-refractivity contribution in [1.29, 1.82) is 0 Å². The molecule has 0 aromatic rings. The monoisotopic (exact) mass is 224 g/mol. The minimum absolute atomic E-state index is 0.744. The molecule has 1 saturated heterocycles. The van der Waals surface area contributed by atoms with Gasteiger partial charge in [-0.05, 0) is 31.6 Å². The zero-order chi connectivity index (χ0) is 11.4. The highest BCUT2D eigenvalue weighted by Gasteiger charge is 2.29. The summed E-state index contributed by atoms with van der Waals surface area (Å²) in [7, 11) is 0. The van der Waals surface area contributed by atoms with E-state index in [0.717, 1.165) is 18.0 Å². The predicted molar refractivity (Wildman–Crippen MR) is 69.7 cm³/mol. The number of hydrogen-bond donors (Lipinski definition) is 1. The van der Waals surface area contributed by atoms with Crippen LogP contribution in [0.15, 0.2) is 0 Å². The molecule has 2 unspecified atom stereocenters. The molecule has 2 heteroatoms. The van der Waals surface area contributed by atoms with Crippen LogP contribution in [0.5, 0.6) is 0 Å². The average Bonchev–Trinajstić information content (AvgIpc) is 2.25. The highest BCUT2D eigenvalue weighted by atomic mass is 15.2. The third kappa shape index (κ3) is 2.98. The lowest BCUT2D eigenvalue weighted by Crippen LogP contribution is -2.57. The molecule has 2 nitrogen and oxygen atoms in total. The van der Waals surface area contributed by atoms with Gasteiger partial charge in [0.05, 0.1) is 0 Å². The van der Waals surface area contributed by atoms with Crippen LogP contribution in [0.25, 0.3) is 0 Å². The van der Waals surface area contributed by atoms with Crippen molar-refractivity contribution in [3.8, 4) is 0 Å². The van der Waals surface area contributed by atoms with Crippen molar-refractivity contribution in [2.24, 2.45) is 5.92 Å². The first-order chi connectivity index (χ1) is 7.83. The molecule has 94 valence electrons. The Morgan fingerprint density at radius 1 is 1.25 bits per heavy atom. The van der Waals surface area contributed by atoms with Gasteiger partial charge >= 0.3 is 0 Å². The Kier molecular flexibility index (Phi) is 4.66. The third-order valence-corrected chi connectivity index (χ3v) is 4.45. The van der Waals surface area contributed by atoms with E-state index in [-0.39, 0.29) is 0 Å². The topological polar surface area (TPSA) is 15.3 Å². The molecule has 0 bridgehead atoms. The van der Waals surface area contributed by atoms with Crippen molar-refractivity contribution >= 4 is 0 Å². The Hall–Kier alpha value is -0.0800. The van der Waals surface area contributed by atoms with Gasteiger partial charge in [0.2, 0.25) is 0 Å². The molecule has 2 aliphatic rings. The number of piperazine rings is 1. The van der Waals surface area contributed by atoms with Gasteiger partial charge in [-0.3, -0.25) is 4.90 Å². The van der Waals surface area contributed by atoms with Gasteiger partial charge in [-0.15, -0.1) is 0 Å². The van der Waals surface area contributed by atoms with Gasteiger partial charge in [-0.25, -0.2) is 0 Å². The summed E-state index contributed by atoms with van der Waals surface area (Å²) in [6, 6.07) is 1.56. The molecule has 2 rings (SSSR count). The molecule has 16 heavy (non-hydrogen) atoms. The van der Waals surface area contributed by atoms with E-state index in [1.165, 1.54) is 58.2 Å². The molecule has 0 aromatic heterocycles. The van der Waals surface area contributed by atoms with Crippen LogP contribution in [-0.2, 0) is 0 Å². The summed E-state index contributed by atoms with van der Waals surface area (Å²) >= 11 is 0. The van der Waals surface area contributed by atoms with Crippen LogP contribution in [0.2, 0.25) is 0 Å². The van der Waals surface area contributed by atoms with Gasteiger partial charge in [0.15, 0.2) is 0 Å². The van der Waals surface area contributed by atoms with Gasteiger partial charge in [-0.1, -0.05) is 26.7 Å². The SMILES string of the molecule is CCCC1CNC(CC)CN1CC1CCC1. The quantitative estimate of drug-likeness (QED) is 0.772. The molecule has 1 heterocycles. The molecule has 1 aliphatic carbocycles. The van der Waals surface area contributed by atoms with Crippen molar-refractivity contribution in [3.63, 3.8) is 0 Å². The van der Waals surface area contributed by atoms with Crippen LogP contribution in [0.3, 0.4) is 0 Å². The Labute approximate surface area is 101 Å². The van der Waals surface area contributed by atoms with E-state index < -0.39 is 0 Å². The predicted octanol–water partition coefficient (Wildman–Crippen LogP) is 2.64. The van der Waals surface area contributed by atoms with Gasteiger partial charge in [-0.2, -0.15) is 0 Å². The van der Waals surface area contributed by atoms with Crippen LogP contribution >= 0.6 is 0 Å². The minimum atomic E-state index is 0.744. The van der Waals surface area contributed by atoms with E-state index in [0.29, 0.717) is 0 Å². The molecule has 0 spiro atoms. The van der Waals surface area contributed by atoms with Gasteiger partial charge in [0.1, 0.15) is 0 Å². The standard InChI is InChI=1S/C14H28N2/c1-3-6-14-9-15-13(4-2)11-16(14)10-12-7-5-8-12/h12-15H,3-11H2,1-2H3. The van der Waals surface area contributed by atoms with Crippen molar-refractivity contribution < 1.29 is 0 Å². The fraction of sp³-hybridized carbons (Fsp3) is 1.00. The summed E-state index contributed by atoms with van der Waals surface area (Å²) in [5.41, 5.74) is 0. The van der Waals surface area contributed by atoms with E-state index in [1.54, 1.807) is 0 Å². The van der Waals surface area contributed by atoms with Gasteiger partial charge < -0.3 is 5.32 Å². The van der Waals surface area contributed by atoms with Gasteiger partial charge in [0.25, 0.3) is 0 Å². The summed E-state index contributed by atoms with van der Waals surface area (Å²) in [5.74, 6) is 1.02. The first-order valence-electron chi connectivity index (χ1n) is 7.30. The molecule has 0 aromatic carbocycles. The Morgan fingerprint density at radius 2 is 2.06 bits per heavy atom. The summed E-state index contributed by atoms with van der Waals surface area (Å²) in [4.78, 5) is 2.79. The molecule has 0 radical (unpaired) electrons. The number of nitrogens with one attached hydrogen (secondary N) is 1. The van der Waals surface area contributed by atoms with Crippen molar-refractivity contribution in [1.82, 2.24) is 10.2 Å². The lowest BCUT2D eigenvalue weighted by molar-refractivity contribution is 0.0827. The highest BCUT2D eigenvalue weighted by molar-refractivity contribution is 4.87.